The van der Waals surface area contributed by atoms with Crippen molar-refractivity contribution >= 4 is 28.4 Å². The summed E-state index contributed by atoms with van der Waals surface area (Å²) in [7, 11) is 0. The molecule has 0 unspecified atom stereocenters. The number of alkyl halides is 3. The zero-order valence-electron chi connectivity index (χ0n) is 9.87. The fourth-order valence-corrected chi connectivity index (χ4v) is 1.75. The molecule has 1 aromatic heterocycles. The van der Waals surface area contributed by atoms with Crippen LogP contribution in [0.5, 0.6) is 0 Å². The number of hydrogen-bond donors (Lipinski definition) is 1. The van der Waals surface area contributed by atoms with Gasteiger partial charge in [-0.05, 0) is 12.1 Å². The zero-order valence-corrected chi connectivity index (χ0v) is 10.6. The lowest BCUT2D eigenvalue weighted by molar-refractivity contribution is -0.184. The third-order valence-electron chi connectivity index (χ3n) is 2.30. The SMILES string of the molecule is O=C(NOCC(F)(F)F)c1cc(Cl)c2ccccc2n1. The number of para-hydroxylation sites is 1. The lowest BCUT2D eigenvalue weighted by Gasteiger charge is -2.09. The number of amides is 1. The van der Waals surface area contributed by atoms with E-state index in [0.29, 0.717) is 10.9 Å². The van der Waals surface area contributed by atoms with Crippen molar-refractivity contribution in [1.29, 1.82) is 0 Å². The molecule has 0 spiro atoms. The average Bonchev–Trinajstić information content (AvgIpc) is 2.37. The van der Waals surface area contributed by atoms with E-state index in [9.17, 15) is 18.0 Å². The van der Waals surface area contributed by atoms with Crippen molar-refractivity contribution in [3.8, 4) is 0 Å². The van der Waals surface area contributed by atoms with Gasteiger partial charge in [0.05, 0.1) is 10.5 Å². The van der Waals surface area contributed by atoms with Gasteiger partial charge >= 0.3 is 6.18 Å². The standard InChI is InChI=1S/C12H8ClF3N2O2/c13-8-5-10(11(19)18-20-6-12(14,15)16)17-9-4-2-1-3-7(8)9/h1-5H,6H2,(H,18,19). The van der Waals surface area contributed by atoms with Crippen LogP contribution in [0.25, 0.3) is 10.9 Å². The van der Waals surface area contributed by atoms with Crippen LogP contribution in [-0.4, -0.2) is 23.7 Å². The van der Waals surface area contributed by atoms with E-state index in [1.54, 1.807) is 29.7 Å². The first-order valence-corrected chi connectivity index (χ1v) is 5.79. The Bertz CT molecular complexity index is 646. The van der Waals surface area contributed by atoms with Crippen LogP contribution >= 0.6 is 11.6 Å². The van der Waals surface area contributed by atoms with Crippen molar-refractivity contribution in [1.82, 2.24) is 10.5 Å². The Hall–Kier alpha value is -1.86. The summed E-state index contributed by atoms with van der Waals surface area (Å²) in [6.45, 7) is -1.58. The van der Waals surface area contributed by atoms with Gasteiger partial charge in [-0.25, -0.2) is 10.5 Å². The molecule has 0 aliphatic carbocycles. The lowest BCUT2D eigenvalue weighted by atomic mass is 10.2. The lowest BCUT2D eigenvalue weighted by Crippen LogP contribution is -2.30. The maximum absolute atomic E-state index is 11.9. The topological polar surface area (TPSA) is 51.2 Å². The molecule has 2 aromatic rings. The Balaban J connectivity index is 2.14. The molecule has 0 radical (unpaired) electrons. The number of nitrogens with one attached hydrogen (secondary N) is 1. The van der Waals surface area contributed by atoms with Crippen molar-refractivity contribution < 1.29 is 22.8 Å². The van der Waals surface area contributed by atoms with Crippen LogP contribution in [0.2, 0.25) is 5.02 Å². The fourth-order valence-electron chi connectivity index (χ4n) is 1.48. The molecule has 0 saturated heterocycles. The molecule has 0 saturated carbocycles. The van der Waals surface area contributed by atoms with Crippen molar-refractivity contribution in [2.45, 2.75) is 6.18 Å². The van der Waals surface area contributed by atoms with E-state index < -0.39 is 18.7 Å². The minimum atomic E-state index is -4.53. The number of halogens is 4. The van der Waals surface area contributed by atoms with E-state index in [-0.39, 0.29) is 10.7 Å². The summed E-state index contributed by atoms with van der Waals surface area (Å²) in [6, 6.07) is 8.06. The predicted octanol–water partition coefficient (Wildman–Crippen LogP) is 3.11. The van der Waals surface area contributed by atoms with E-state index in [4.69, 9.17) is 11.6 Å². The third-order valence-corrected chi connectivity index (χ3v) is 2.61. The molecule has 0 fully saturated rings. The van der Waals surface area contributed by atoms with Crippen LogP contribution in [0.3, 0.4) is 0 Å². The smallest absolute Gasteiger partial charge is 0.265 e. The molecule has 1 N–H and O–H groups in total. The summed E-state index contributed by atoms with van der Waals surface area (Å²) in [5.41, 5.74) is 2.00. The van der Waals surface area contributed by atoms with Crippen LogP contribution in [0, 0.1) is 0 Å². The van der Waals surface area contributed by atoms with Gasteiger partial charge in [-0.1, -0.05) is 29.8 Å². The van der Waals surface area contributed by atoms with Gasteiger partial charge in [0.25, 0.3) is 5.91 Å². The first kappa shape index (κ1) is 14.5. The Labute approximate surface area is 116 Å². The van der Waals surface area contributed by atoms with Gasteiger partial charge in [-0.3, -0.25) is 9.63 Å². The highest BCUT2D eigenvalue weighted by atomic mass is 35.5. The van der Waals surface area contributed by atoms with E-state index in [1.807, 2.05) is 0 Å². The van der Waals surface area contributed by atoms with E-state index in [1.165, 1.54) is 6.07 Å². The molecule has 20 heavy (non-hydrogen) atoms. The molecule has 1 heterocycles. The number of fused-ring (bicyclic) bond motifs is 1. The minimum absolute atomic E-state index is 0.129. The van der Waals surface area contributed by atoms with Crippen LogP contribution in [0.1, 0.15) is 10.5 Å². The molecule has 0 bridgehead atoms. The minimum Gasteiger partial charge on any atom is -0.265 e. The molecule has 106 valence electrons. The Morgan fingerprint density at radius 2 is 2.05 bits per heavy atom. The van der Waals surface area contributed by atoms with Gasteiger partial charge < -0.3 is 0 Å². The third kappa shape index (κ3) is 3.58. The second kappa shape index (κ2) is 5.64. The number of nitrogens with zero attached hydrogens (tertiary/aromatic N) is 1. The molecule has 0 aliphatic heterocycles. The van der Waals surface area contributed by atoms with Crippen LogP contribution in [-0.2, 0) is 4.84 Å². The second-order valence-corrected chi connectivity index (χ2v) is 4.25. The van der Waals surface area contributed by atoms with Gasteiger partial charge in [-0.2, -0.15) is 13.2 Å². The number of carbonyl (C=O) groups is 1. The van der Waals surface area contributed by atoms with Gasteiger partial charge in [0, 0.05) is 5.39 Å². The van der Waals surface area contributed by atoms with Gasteiger partial charge in [0.1, 0.15) is 5.69 Å². The number of benzene rings is 1. The molecular formula is C12H8ClF3N2O2. The van der Waals surface area contributed by atoms with E-state index in [2.05, 4.69) is 9.82 Å². The number of carbonyl (C=O) groups excluding carboxylic acids is 1. The Kier molecular flexibility index (Phi) is 4.10. The largest absolute Gasteiger partial charge is 0.414 e. The first-order valence-electron chi connectivity index (χ1n) is 5.41. The summed E-state index contributed by atoms with van der Waals surface area (Å²) < 4.78 is 35.6. The first-order chi connectivity index (χ1) is 9.37. The monoisotopic (exact) mass is 304 g/mol. The number of hydrogen-bond acceptors (Lipinski definition) is 3. The molecule has 0 atom stereocenters. The normalized spacial score (nSPS) is 11.6. The quantitative estimate of drug-likeness (QED) is 0.886. The second-order valence-electron chi connectivity index (χ2n) is 3.84. The maximum atomic E-state index is 11.9. The summed E-state index contributed by atoms with van der Waals surface area (Å²) in [6.07, 6.45) is -4.53. The highest BCUT2D eigenvalue weighted by molar-refractivity contribution is 6.35. The van der Waals surface area contributed by atoms with E-state index in [0.717, 1.165) is 0 Å². The maximum Gasteiger partial charge on any atom is 0.414 e. The average molecular weight is 305 g/mol. The highest BCUT2D eigenvalue weighted by Gasteiger charge is 2.28. The van der Waals surface area contributed by atoms with Crippen molar-refractivity contribution in [3.05, 3.63) is 41.0 Å². The highest BCUT2D eigenvalue weighted by Crippen LogP contribution is 2.22. The number of pyridine rings is 1. The molecular weight excluding hydrogens is 297 g/mol. The van der Waals surface area contributed by atoms with Gasteiger partial charge in [-0.15, -0.1) is 0 Å². The van der Waals surface area contributed by atoms with Gasteiger partial charge in [0.15, 0.2) is 6.61 Å². The molecule has 8 heteroatoms. The molecule has 2 rings (SSSR count). The summed E-state index contributed by atoms with van der Waals surface area (Å²) in [5.74, 6) is -0.901. The van der Waals surface area contributed by atoms with Crippen LogP contribution < -0.4 is 5.48 Å². The van der Waals surface area contributed by atoms with Crippen molar-refractivity contribution in [2.75, 3.05) is 6.61 Å². The predicted molar refractivity (Wildman–Crippen MR) is 66.2 cm³/mol. The zero-order chi connectivity index (χ0) is 14.8. The van der Waals surface area contributed by atoms with Crippen molar-refractivity contribution in [3.63, 3.8) is 0 Å². The Morgan fingerprint density at radius 1 is 1.35 bits per heavy atom. The van der Waals surface area contributed by atoms with Gasteiger partial charge in [0.2, 0.25) is 0 Å². The van der Waals surface area contributed by atoms with E-state index >= 15 is 0 Å². The van der Waals surface area contributed by atoms with Crippen molar-refractivity contribution in [2.24, 2.45) is 0 Å². The summed E-state index contributed by atoms with van der Waals surface area (Å²) >= 11 is 5.97. The molecule has 4 nitrogen and oxygen atoms in total. The molecule has 0 aliphatic rings. The Morgan fingerprint density at radius 3 is 2.75 bits per heavy atom. The number of rotatable bonds is 3. The summed E-state index contributed by atoms with van der Waals surface area (Å²) in [5, 5.41) is 0.915. The fraction of sp³-hybridized carbons (Fsp3) is 0.167. The van der Waals surface area contributed by atoms with Crippen LogP contribution in [0.4, 0.5) is 13.2 Å². The number of hydroxylamine groups is 1. The van der Waals surface area contributed by atoms with Crippen LogP contribution in [0.15, 0.2) is 30.3 Å². The summed E-state index contributed by atoms with van der Waals surface area (Å²) in [4.78, 5) is 19.7. The molecule has 1 aromatic carbocycles. The molecule has 1 amide bonds. The number of aromatic nitrogens is 1.